The van der Waals surface area contributed by atoms with Gasteiger partial charge in [0.25, 0.3) is 9.05 Å². The molecule has 1 aliphatic heterocycles. The molecule has 15 heavy (non-hydrogen) atoms. The lowest BCUT2D eigenvalue weighted by Crippen LogP contribution is -2.17. The minimum Gasteiger partial charge on any atom is -0.370 e. The third-order valence-corrected chi connectivity index (χ3v) is 3.77. The van der Waals surface area contributed by atoms with E-state index in [1.165, 1.54) is 6.20 Å². The summed E-state index contributed by atoms with van der Waals surface area (Å²) in [6.45, 7) is 1.90. The Morgan fingerprint density at radius 3 is 2.53 bits per heavy atom. The molecule has 0 radical (unpaired) electrons. The summed E-state index contributed by atoms with van der Waals surface area (Å²) in [4.78, 5) is 6.06. The summed E-state index contributed by atoms with van der Waals surface area (Å²) in [6, 6.07) is 1.57. The van der Waals surface area contributed by atoms with Gasteiger partial charge in [0.15, 0.2) is 0 Å². The predicted molar refractivity (Wildman–Crippen MR) is 58.7 cm³/mol. The highest BCUT2D eigenvalue weighted by atomic mass is 35.7. The van der Waals surface area contributed by atoms with Crippen LogP contribution in [0.15, 0.2) is 23.4 Å². The van der Waals surface area contributed by atoms with E-state index in [1.54, 1.807) is 12.3 Å². The van der Waals surface area contributed by atoms with Crippen molar-refractivity contribution in [1.29, 1.82) is 0 Å². The van der Waals surface area contributed by atoms with E-state index in [-0.39, 0.29) is 4.90 Å². The number of anilines is 1. The van der Waals surface area contributed by atoms with Crippen molar-refractivity contribution in [2.24, 2.45) is 0 Å². The van der Waals surface area contributed by atoms with Crippen LogP contribution in [-0.4, -0.2) is 26.5 Å². The zero-order valence-corrected chi connectivity index (χ0v) is 9.63. The van der Waals surface area contributed by atoms with Gasteiger partial charge in [0.05, 0.1) is 11.9 Å². The molecule has 2 rings (SSSR count). The van der Waals surface area contributed by atoms with Crippen molar-refractivity contribution in [3.63, 3.8) is 0 Å². The van der Waals surface area contributed by atoms with Crippen molar-refractivity contribution < 1.29 is 8.42 Å². The van der Waals surface area contributed by atoms with E-state index >= 15 is 0 Å². The SMILES string of the molecule is O=S(=O)(Cl)c1cncc(N2CCCC2)c1. The second kappa shape index (κ2) is 3.98. The normalized spacial score (nSPS) is 17.0. The summed E-state index contributed by atoms with van der Waals surface area (Å²) >= 11 is 0. The molecular formula is C9H11ClN2O2S. The Kier molecular flexibility index (Phi) is 2.84. The maximum Gasteiger partial charge on any atom is 0.262 e. The third kappa shape index (κ3) is 2.41. The largest absolute Gasteiger partial charge is 0.370 e. The van der Waals surface area contributed by atoms with Gasteiger partial charge in [-0.05, 0) is 18.9 Å². The molecule has 82 valence electrons. The molecule has 1 aromatic rings. The summed E-state index contributed by atoms with van der Waals surface area (Å²) < 4.78 is 22.2. The number of rotatable bonds is 2. The molecule has 0 saturated carbocycles. The third-order valence-electron chi connectivity index (χ3n) is 2.45. The summed E-state index contributed by atoms with van der Waals surface area (Å²) in [6.07, 6.45) is 5.20. The van der Waals surface area contributed by atoms with Gasteiger partial charge in [0, 0.05) is 30.0 Å². The van der Waals surface area contributed by atoms with Gasteiger partial charge in [0.1, 0.15) is 4.90 Å². The van der Waals surface area contributed by atoms with Crippen LogP contribution in [0.4, 0.5) is 5.69 Å². The first-order chi connectivity index (χ1) is 7.07. The van der Waals surface area contributed by atoms with Gasteiger partial charge >= 0.3 is 0 Å². The number of pyridine rings is 1. The highest BCUT2D eigenvalue weighted by Gasteiger charge is 2.16. The van der Waals surface area contributed by atoms with Crippen LogP contribution in [0.1, 0.15) is 12.8 Å². The topological polar surface area (TPSA) is 50.3 Å². The van der Waals surface area contributed by atoms with E-state index in [9.17, 15) is 8.42 Å². The quantitative estimate of drug-likeness (QED) is 0.744. The molecule has 0 spiro atoms. The zero-order valence-electron chi connectivity index (χ0n) is 8.06. The first kappa shape index (κ1) is 10.7. The van der Waals surface area contributed by atoms with Crippen LogP contribution < -0.4 is 4.90 Å². The first-order valence-electron chi connectivity index (χ1n) is 4.72. The molecule has 0 unspecified atom stereocenters. The smallest absolute Gasteiger partial charge is 0.262 e. The van der Waals surface area contributed by atoms with Crippen molar-refractivity contribution >= 4 is 25.4 Å². The Hall–Kier alpha value is -0.810. The number of nitrogens with zero attached hydrogens (tertiary/aromatic N) is 2. The molecule has 0 N–H and O–H groups in total. The summed E-state index contributed by atoms with van der Waals surface area (Å²) in [7, 11) is 1.58. The first-order valence-corrected chi connectivity index (χ1v) is 7.03. The average molecular weight is 247 g/mol. The molecule has 0 bridgehead atoms. The molecule has 2 heterocycles. The lowest BCUT2D eigenvalue weighted by Gasteiger charge is -2.16. The molecule has 0 atom stereocenters. The predicted octanol–water partition coefficient (Wildman–Crippen LogP) is 1.61. The lowest BCUT2D eigenvalue weighted by molar-refractivity contribution is 0.609. The van der Waals surface area contributed by atoms with Gasteiger partial charge in [-0.1, -0.05) is 0 Å². The van der Waals surface area contributed by atoms with Crippen LogP contribution in [-0.2, 0) is 9.05 Å². The molecule has 4 nitrogen and oxygen atoms in total. The van der Waals surface area contributed by atoms with Gasteiger partial charge in [-0.15, -0.1) is 0 Å². The monoisotopic (exact) mass is 246 g/mol. The fourth-order valence-electron chi connectivity index (χ4n) is 1.69. The maximum absolute atomic E-state index is 11.1. The van der Waals surface area contributed by atoms with Crippen molar-refractivity contribution in [3.05, 3.63) is 18.5 Å². The van der Waals surface area contributed by atoms with E-state index in [1.807, 2.05) is 0 Å². The van der Waals surface area contributed by atoms with E-state index in [0.717, 1.165) is 31.6 Å². The van der Waals surface area contributed by atoms with Gasteiger partial charge in [0.2, 0.25) is 0 Å². The van der Waals surface area contributed by atoms with Crippen LogP contribution in [0, 0.1) is 0 Å². The van der Waals surface area contributed by atoms with E-state index < -0.39 is 9.05 Å². The Labute approximate surface area is 93.3 Å². The average Bonchev–Trinajstić information content (AvgIpc) is 2.69. The molecule has 0 aromatic carbocycles. The van der Waals surface area contributed by atoms with Gasteiger partial charge in [-0.3, -0.25) is 4.98 Å². The lowest BCUT2D eigenvalue weighted by atomic mass is 10.4. The number of aromatic nitrogens is 1. The highest BCUT2D eigenvalue weighted by Crippen LogP contribution is 2.23. The van der Waals surface area contributed by atoms with E-state index in [2.05, 4.69) is 9.88 Å². The molecule has 1 aliphatic rings. The van der Waals surface area contributed by atoms with E-state index in [4.69, 9.17) is 10.7 Å². The Morgan fingerprint density at radius 2 is 1.93 bits per heavy atom. The highest BCUT2D eigenvalue weighted by molar-refractivity contribution is 8.13. The molecule has 0 aliphatic carbocycles. The van der Waals surface area contributed by atoms with Crippen LogP contribution in [0.25, 0.3) is 0 Å². The number of hydrogen-bond acceptors (Lipinski definition) is 4. The van der Waals surface area contributed by atoms with Crippen molar-refractivity contribution in [3.8, 4) is 0 Å². The zero-order chi connectivity index (χ0) is 10.9. The Bertz CT molecular complexity index is 455. The summed E-state index contributed by atoms with van der Waals surface area (Å²) in [5.41, 5.74) is 0.828. The standard InChI is InChI=1S/C9H11ClN2O2S/c10-15(13,14)9-5-8(6-11-7-9)12-3-1-2-4-12/h5-7H,1-4H2. The minimum absolute atomic E-state index is 0.0635. The van der Waals surface area contributed by atoms with Crippen LogP contribution in [0.5, 0.6) is 0 Å². The second-order valence-electron chi connectivity index (χ2n) is 3.51. The minimum atomic E-state index is -3.67. The summed E-state index contributed by atoms with van der Waals surface area (Å²) in [5.74, 6) is 0. The Balaban J connectivity index is 2.34. The van der Waals surface area contributed by atoms with Crippen molar-refractivity contribution in [1.82, 2.24) is 4.98 Å². The molecule has 1 aromatic heterocycles. The molecule has 1 fully saturated rings. The fraction of sp³-hybridized carbons (Fsp3) is 0.444. The van der Waals surface area contributed by atoms with Crippen LogP contribution in [0.2, 0.25) is 0 Å². The maximum atomic E-state index is 11.1. The Morgan fingerprint density at radius 1 is 1.27 bits per heavy atom. The number of hydrogen-bond donors (Lipinski definition) is 0. The van der Waals surface area contributed by atoms with Gasteiger partial charge in [-0.25, -0.2) is 8.42 Å². The van der Waals surface area contributed by atoms with Crippen molar-refractivity contribution in [2.75, 3.05) is 18.0 Å². The van der Waals surface area contributed by atoms with Gasteiger partial charge in [-0.2, -0.15) is 0 Å². The van der Waals surface area contributed by atoms with E-state index in [0.29, 0.717) is 0 Å². The molecule has 0 amide bonds. The van der Waals surface area contributed by atoms with Crippen LogP contribution >= 0.6 is 10.7 Å². The molecule has 6 heteroatoms. The second-order valence-corrected chi connectivity index (χ2v) is 6.08. The summed E-state index contributed by atoms with van der Waals surface area (Å²) in [5, 5.41) is 0. The molecular weight excluding hydrogens is 236 g/mol. The van der Waals surface area contributed by atoms with Crippen LogP contribution in [0.3, 0.4) is 0 Å². The fourth-order valence-corrected chi connectivity index (χ4v) is 2.39. The van der Waals surface area contributed by atoms with Crippen molar-refractivity contribution in [2.45, 2.75) is 17.7 Å². The number of halogens is 1. The molecule has 1 saturated heterocycles. The van der Waals surface area contributed by atoms with Gasteiger partial charge < -0.3 is 4.90 Å².